The summed E-state index contributed by atoms with van der Waals surface area (Å²) in [5.74, 6) is 0.902. The van der Waals surface area contributed by atoms with Crippen molar-refractivity contribution in [2.45, 2.75) is 19.7 Å². The van der Waals surface area contributed by atoms with Crippen molar-refractivity contribution in [2.75, 3.05) is 0 Å². The standard InChI is InChI=1S/C19H20BrN3O/c1-23-18(9-10-22-23)13-21-12-16-11-17(20)7-8-19(16)24-14-15-5-3-2-4-6-15/h2-11,21H,12-14H2,1H3. The van der Waals surface area contributed by atoms with Gasteiger partial charge in [0.1, 0.15) is 12.4 Å². The van der Waals surface area contributed by atoms with E-state index in [1.807, 2.05) is 54.3 Å². The second-order valence-corrected chi connectivity index (χ2v) is 6.49. The third kappa shape index (κ3) is 4.46. The van der Waals surface area contributed by atoms with Crippen LogP contribution in [0.3, 0.4) is 0 Å². The van der Waals surface area contributed by atoms with Crippen molar-refractivity contribution in [1.82, 2.24) is 15.1 Å². The Kier molecular flexibility index (Phi) is 5.67. The second-order valence-electron chi connectivity index (χ2n) is 5.58. The molecule has 0 unspecified atom stereocenters. The van der Waals surface area contributed by atoms with Gasteiger partial charge >= 0.3 is 0 Å². The van der Waals surface area contributed by atoms with Gasteiger partial charge in [-0.2, -0.15) is 5.10 Å². The van der Waals surface area contributed by atoms with Crippen molar-refractivity contribution in [2.24, 2.45) is 7.05 Å². The lowest BCUT2D eigenvalue weighted by Gasteiger charge is -2.13. The van der Waals surface area contributed by atoms with E-state index in [1.54, 1.807) is 0 Å². The van der Waals surface area contributed by atoms with Gasteiger partial charge in [-0.05, 0) is 29.8 Å². The molecule has 1 heterocycles. The minimum absolute atomic E-state index is 0.567. The number of nitrogens with one attached hydrogen (secondary N) is 1. The van der Waals surface area contributed by atoms with Gasteiger partial charge in [-0.25, -0.2) is 0 Å². The van der Waals surface area contributed by atoms with E-state index in [2.05, 4.69) is 44.5 Å². The summed E-state index contributed by atoms with van der Waals surface area (Å²) >= 11 is 3.54. The quantitative estimate of drug-likeness (QED) is 0.666. The largest absolute Gasteiger partial charge is 0.489 e. The summed E-state index contributed by atoms with van der Waals surface area (Å²) in [5, 5.41) is 7.63. The Morgan fingerprint density at radius 1 is 1.08 bits per heavy atom. The highest BCUT2D eigenvalue weighted by atomic mass is 79.9. The van der Waals surface area contributed by atoms with Gasteiger partial charge < -0.3 is 10.1 Å². The number of aryl methyl sites for hydroxylation is 1. The highest BCUT2D eigenvalue weighted by molar-refractivity contribution is 9.10. The van der Waals surface area contributed by atoms with Crippen LogP contribution in [0.2, 0.25) is 0 Å². The molecule has 124 valence electrons. The van der Waals surface area contributed by atoms with Crippen LogP contribution in [0.15, 0.2) is 65.3 Å². The third-order valence-corrected chi connectivity index (χ3v) is 4.30. The van der Waals surface area contributed by atoms with E-state index >= 15 is 0 Å². The number of hydrogen-bond acceptors (Lipinski definition) is 3. The number of benzene rings is 2. The van der Waals surface area contributed by atoms with Crippen LogP contribution in [0.25, 0.3) is 0 Å². The van der Waals surface area contributed by atoms with Crippen molar-refractivity contribution in [3.63, 3.8) is 0 Å². The van der Waals surface area contributed by atoms with Crippen molar-refractivity contribution in [3.8, 4) is 5.75 Å². The summed E-state index contributed by atoms with van der Waals surface area (Å²) in [5.41, 5.74) is 3.44. The normalized spacial score (nSPS) is 10.8. The smallest absolute Gasteiger partial charge is 0.124 e. The molecule has 0 atom stereocenters. The first-order valence-corrected chi connectivity index (χ1v) is 8.64. The lowest BCUT2D eigenvalue weighted by molar-refractivity contribution is 0.302. The van der Waals surface area contributed by atoms with Crippen molar-refractivity contribution in [3.05, 3.63) is 82.1 Å². The summed E-state index contributed by atoms with van der Waals surface area (Å²) in [6, 6.07) is 18.3. The van der Waals surface area contributed by atoms with Crippen LogP contribution in [0, 0.1) is 0 Å². The summed E-state index contributed by atoms with van der Waals surface area (Å²) in [6.07, 6.45) is 1.81. The first kappa shape index (κ1) is 16.7. The molecule has 0 spiro atoms. The summed E-state index contributed by atoms with van der Waals surface area (Å²) in [4.78, 5) is 0. The molecule has 0 amide bonds. The monoisotopic (exact) mass is 385 g/mol. The van der Waals surface area contributed by atoms with Crippen molar-refractivity contribution in [1.29, 1.82) is 0 Å². The van der Waals surface area contributed by atoms with Gasteiger partial charge in [0.05, 0.1) is 5.69 Å². The van der Waals surface area contributed by atoms with E-state index in [4.69, 9.17) is 4.74 Å². The zero-order valence-corrected chi connectivity index (χ0v) is 15.2. The predicted octanol–water partition coefficient (Wildman–Crippen LogP) is 4.05. The number of nitrogens with zero attached hydrogens (tertiary/aromatic N) is 2. The molecule has 0 saturated heterocycles. The Balaban J connectivity index is 1.63. The van der Waals surface area contributed by atoms with Crippen LogP contribution in [-0.2, 0) is 26.7 Å². The molecule has 0 aliphatic rings. The fourth-order valence-electron chi connectivity index (χ4n) is 2.46. The molecule has 3 rings (SSSR count). The molecule has 0 bridgehead atoms. The van der Waals surface area contributed by atoms with Crippen molar-refractivity contribution >= 4 is 15.9 Å². The molecule has 0 saturated carbocycles. The Morgan fingerprint density at radius 3 is 2.67 bits per heavy atom. The number of aromatic nitrogens is 2. The lowest BCUT2D eigenvalue weighted by Crippen LogP contribution is -2.16. The summed E-state index contributed by atoms with van der Waals surface area (Å²) in [7, 11) is 1.95. The maximum absolute atomic E-state index is 6.01. The Bertz CT molecular complexity index is 786. The average Bonchev–Trinajstić information content (AvgIpc) is 3.00. The molecule has 2 aromatic carbocycles. The minimum atomic E-state index is 0.567. The number of hydrogen-bond donors (Lipinski definition) is 1. The van der Waals surface area contributed by atoms with Gasteiger partial charge in [-0.1, -0.05) is 46.3 Å². The van der Waals surface area contributed by atoms with E-state index in [0.29, 0.717) is 6.61 Å². The third-order valence-electron chi connectivity index (χ3n) is 3.80. The van der Waals surface area contributed by atoms with Gasteiger partial charge in [0.25, 0.3) is 0 Å². The molecule has 5 heteroatoms. The van der Waals surface area contributed by atoms with Crippen LogP contribution in [0.4, 0.5) is 0 Å². The zero-order valence-electron chi connectivity index (χ0n) is 13.6. The number of ether oxygens (including phenoxy) is 1. The maximum Gasteiger partial charge on any atom is 0.124 e. The van der Waals surface area contributed by atoms with Gasteiger partial charge in [0.2, 0.25) is 0 Å². The second kappa shape index (κ2) is 8.13. The predicted molar refractivity (Wildman–Crippen MR) is 98.7 cm³/mol. The lowest BCUT2D eigenvalue weighted by atomic mass is 10.2. The molecule has 1 N–H and O–H groups in total. The van der Waals surface area contributed by atoms with Crippen LogP contribution < -0.4 is 10.1 Å². The molecule has 0 fully saturated rings. The zero-order chi connectivity index (χ0) is 16.8. The number of rotatable bonds is 7. The van der Waals surface area contributed by atoms with Gasteiger partial charge in [0, 0.05) is 36.4 Å². The average molecular weight is 386 g/mol. The fourth-order valence-corrected chi connectivity index (χ4v) is 2.87. The van der Waals surface area contributed by atoms with Crippen LogP contribution in [-0.4, -0.2) is 9.78 Å². The molecule has 0 aliphatic carbocycles. The Morgan fingerprint density at radius 2 is 1.92 bits per heavy atom. The highest BCUT2D eigenvalue weighted by Gasteiger charge is 2.06. The molecular weight excluding hydrogens is 366 g/mol. The molecule has 0 radical (unpaired) electrons. The molecular formula is C19H20BrN3O. The summed E-state index contributed by atoms with van der Waals surface area (Å²) in [6.45, 7) is 2.06. The fraction of sp³-hybridized carbons (Fsp3) is 0.211. The first-order valence-electron chi connectivity index (χ1n) is 7.85. The van der Waals surface area contributed by atoms with E-state index in [-0.39, 0.29) is 0 Å². The highest BCUT2D eigenvalue weighted by Crippen LogP contribution is 2.24. The molecule has 3 aromatic rings. The van der Waals surface area contributed by atoms with E-state index in [9.17, 15) is 0 Å². The van der Waals surface area contributed by atoms with E-state index in [0.717, 1.165) is 40.1 Å². The molecule has 4 nitrogen and oxygen atoms in total. The Labute approximate surface area is 150 Å². The molecule has 1 aromatic heterocycles. The van der Waals surface area contributed by atoms with E-state index < -0.39 is 0 Å². The molecule has 24 heavy (non-hydrogen) atoms. The van der Waals surface area contributed by atoms with Crippen LogP contribution in [0.5, 0.6) is 5.75 Å². The maximum atomic E-state index is 6.01. The van der Waals surface area contributed by atoms with Gasteiger partial charge in [-0.3, -0.25) is 4.68 Å². The van der Waals surface area contributed by atoms with Crippen molar-refractivity contribution < 1.29 is 4.74 Å². The summed E-state index contributed by atoms with van der Waals surface area (Å²) < 4.78 is 8.94. The van der Waals surface area contributed by atoms with Gasteiger partial charge in [0.15, 0.2) is 0 Å². The van der Waals surface area contributed by atoms with E-state index in [1.165, 1.54) is 0 Å². The van der Waals surface area contributed by atoms with Crippen LogP contribution in [0.1, 0.15) is 16.8 Å². The van der Waals surface area contributed by atoms with Gasteiger partial charge in [-0.15, -0.1) is 0 Å². The molecule has 0 aliphatic heterocycles. The minimum Gasteiger partial charge on any atom is -0.489 e. The Hall–Kier alpha value is -2.11. The topological polar surface area (TPSA) is 39.1 Å². The first-order chi connectivity index (χ1) is 11.7. The van der Waals surface area contributed by atoms with Crippen LogP contribution >= 0.6 is 15.9 Å². The SMILES string of the molecule is Cn1nccc1CNCc1cc(Br)ccc1OCc1ccccc1. The number of halogens is 1.